The number of carbonyl (C=O) groups excluding carboxylic acids is 1. The van der Waals surface area contributed by atoms with E-state index in [-0.39, 0.29) is 38.5 Å². The average molecular weight is 427 g/mol. The Morgan fingerprint density at radius 3 is 2.34 bits per heavy atom. The van der Waals surface area contributed by atoms with Crippen molar-refractivity contribution in [3.8, 4) is 17.2 Å². The summed E-state index contributed by atoms with van der Waals surface area (Å²) in [5.41, 5.74) is 0.0975. The lowest BCUT2D eigenvalue weighted by atomic mass is 10.2. The number of halogens is 2. The Balaban J connectivity index is 1.62. The number of fused-ring (bicyclic) bond motifs is 1. The molecule has 0 saturated heterocycles. The Kier molecular flexibility index (Phi) is 5.25. The third-order valence-corrected chi connectivity index (χ3v) is 4.72. The van der Waals surface area contributed by atoms with Crippen LogP contribution in [0.5, 0.6) is 17.2 Å². The number of rotatable bonds is 4. The van der Waals surface area contributed by atoms with Gasteiger partial charge >= 0.3 is 5.97 Å². The van der Waals surface area contributed by atoms with E-state index in [1.165, 1.54) is 24.5 Å². The van der Waals surface area contributed by atoms with E-state index in [9.17, 15) is 9.59 Å². The van der Waals surface area contributed by atoms with Gasteiger partial charge in [-0.05, 0) is 36.4 Å². The highest BCUT2D eigenvalue weighted by atomic mass is 35.5. The van der Waals surface area contributed by atoms with Crippen molar-refractivity contribution in [2.45, 2.75) is 0 Å². The molecule has 0 N–H and O–H groups in total. The maximum absolute atomic E-state index is 12.7. The molecule has 0 bridgehead atoms. The summed E-state index contributed by atoms with van der Waals surface area (Å²) in [5.74, 6) is -0.0705. The fraction of sp³-hybridized carbons (Fsp3) is 0. The van der Waals surface area contributed by atoms with E-state index in [2.05, 4.69) is 0 Å². The van der Waals surface area contributed by atoms with Crippen LogP contribution >= 0.6 is 23.2 Å². The van der Waals surface area contributed by atoms with Gasteiger partial charge in [0.25, 0.3) is 0 Å². The molecule has 0 unspecified atom stereocenters. The second-order valence-corrected chi connectivity index (χ2v) is 6.80. The molecule has 0 atom stereocenters. The number of para-hydroxylation sites is 1. The first kappa shape index (κ1) is 19.1. The number of carbonyl (C=O) groups is 1. The van der Waals surface area contributed by atoms with Crippen LogP contribution in [0, 0.1) is 0 Å². The predicted molar refractivity (Wildman–Crippen MR) is 110 cm³/mol. The van der Waals surface area contributed by atoms with Crippen molar-refractivity contribution in [2.75, 3.05) is 0 Å². The van der Waals surface area contributed by atoms with Gasteiger partial charge in [-0.1, -0.05) is 47.5 Å². The zero-order chi connectivity index (χ0) is 20.4. The molecule has 0 saturated carbocycles. The lowest BCUT2D eigenvalue weighted by molar-refractivity contribution is 0.0735. The summed E-state index contributed by atoms with van der Waals surface area (Å²) in [6.45, 7) is 0. The molecular weight excluding hydrogens is 415 g/mol. The van der Waals surface area contributed by atoms with E-state index < -0.39 is 5.97 Å². The van der Waals surface area contributed by atoms with E-state index in [0.717, 1.165) is 0 Å². The SMILES string of the molecule is O=C(Oc1ccc2c(=O)c(Oc3ccccc3Cl)coc2c1)c1ccccc1Cl. The summed E-state index contributed by atoms with van der Waals surface area (Å²) in [4.78, 5) is 25.0. The molecule has 0 radical (unpaired) electrons. The standard InChI is InChI=1S/C22H12Cl2O5/c23-16-6-2-1-5-14(16)22(26)28-13-9-10-15-19(11-13)27-12-20(21(15)25)29-18-8-4-3-7-17(18)24/h1-12H. The number of esters is 1. The zero-order valence-electron chi connectivity index (χ0n) is 14.7. The second-order valence-electron chi connectivity index (χ2n) is 5.99. The molecule has 3 aromatic carbocycles. The lowest BCUT2D eigenvalue weighted by Crippen LogP contribution is -2.09. The van der Waals surface area contributed by atoms with E-state index in [1.807, 2.05) is 0 Å². The third kappa shape index (κ3) is 3.97. The molecule has 0 amide bonds. The zero-order valence-corrected chi connectivity index (χ0v) is 16.2. The summed E-state index contributed by atoms with van der Waals surface area (Å²) in [6, 6.07) is 17.8. The number of hydrogen-bond donors (Lipinski definition) is 0. The van der Waals surface area contributed by atoms with Crippen LogP contribution in [0.1, 0.15) is 10.4 Å². The molecule has 7 heteroatoms. The average Bonchev–Trinajstić information content (AvgIpc) is 2.72. The molecule has 4 rings (SSSR count). The summed E-state index contributed by atoms with van der Waals surface area (Å²) in [6.07, 6.45) is 1.19. The van der Waals surface area contributed by atoms with Crippen molar-refractivity contribution in [1.82, 2.24) is 0 Å². The van der Waals surface area contributed by atoms with Crippen LogP contribution in [0.15, 0.2) is 82.2 Å². The third-order valence-electron chi connectivity index (χ3n) is 4.08. The van der Waals surface area contributed by atoms with Crippen molar-refractivity contribution in [3.05, 3.63) is 98.8 Å². The maximum Gasteiger partial charge on any atom is 0.345 e. The van der Waals surface area contributed by atoms with Crippen LogP contribution in [0.2, 0.25) is 10.0 Å². The van der Waals surface area contributed by atoms with Crippen molar-refractivity contribution < 1.29 is 18.7 Å². The Hall–Kier alpha value is -3.28. The van der Waals surface area contributed by atoms with Gasteiger partial charge in [-0.25, -0.2) is 4.79 Å². The second kappa shape index (κ2) is 7.99. The van der Waals surface area contributed by atoms with Crippen molar-refractivity contribution in [1.29, 1.82) is 0 Å². The highest BCUT2D eigenvalue weighted by Gasteiger charge is 2.15. The largest absolute Gasteiger partial charge is 0.460 e. The fourth-order valence-electron chi connectivity index (χ4n) is 2.66. The molecule has 144 valence electrons. The van der Waals surface area contributed by atoms with Crippen LogP contribution in [-0.4, -0.2) is 5.97 Å². The van der Waals surface area contributed by atoms with E-state index in [4.69, 9.17) is 37.1 Å². The summed E-state index contributed by atoms with van der Waals surface area (Å²) in [5, 5.41) is 0.923. The van der Waals surface area contributed by atoms with Gasteiger partial charge in [0.15, 0.2) is 0 Å². The van der Waals surface area contributed by atoms with Gasteiger partial charge in [0.05, 0.1) is 21.0 Å². The number of hydrogen-bond acceptors (Lipinski definition) is 5. The quantitative estimate of drug-likeness (QED) is 0.290. The number of ether oxygens (including phenoxy) is 2. The van der Waals surface area contributed by atoms with Crippen molar-refractivity contribution in [3.63, 3.8) is 0 Å². The fourth-order valence-corrected chi connectivity index (χ4v) is 3.05. The van der Waals surface area contributed by atoms with Gasteiger partial charge in [0.2, 0.25) is 11.2 Å². The summed E-state index contributed by atoms with van der Waals surface area (Å²) >= 11 is 12.1. The van der Waals surface area contributed by atoms with Gasteiger partial charge in [-0.2, -0.15) is 0 Å². The minimum absolute atomic E-state index is 0.00795. The predicted octanol–water partition coefficient (Wildman–Crippen LogP) is 6.11. The Morgan fingerprint density at radius 1 is 0.862 bits per heavy atom. The van der Waals surface area contributed by atoms with Crippen LogP contribution in [0.3, 0.4) is 0 Å². The highest BCUT2D eigenvalue weighted by molar-refractivity contribution is 6.33. The molecule has 1 heterocycles. The van der Waals surface area contributed by atoms with E-state index >= 15 is 0 Å². The first-order chi connectivity index (χ1) is 14.0. The molecule has 4 aromatic rings. The maximum atomic E-state index is 12.7. The molecule has 5 nitrogen and oxygen atoms in total. The van der Waals surface area contributed by atoms with Crippen LogP contribution < -0.4 is 14.9 Å². The molecule has 0 aliphatic carbocycles. The lowest BCUT2D eigenvalue weighted by Gasteiger charge is -2.08. The highest BCUT2D eigenvalue weighted by Crippen LogP contribution is 2.29. The van der Waals surface area contributed by atoms with Crippen molar-refractivity contribution in [2.24, 2.45) is 0 Å². The van der Waals surface area contributed by atoms with Gasteiger partial charge < -0.3 is 13.9 Å². The Bertz CT molecular complexity index is 1280. The van der Waals surface area contributed by atoms with E-state index in [1.54, 1.807) is 48.5 Å². The normalized spacial score (nSPS) is 10.7. The van der Waals surface area contributed by atoms with Crippen LogP contribution in [0.25, 0.3) is 11.0 Å². The molecule has 0 aliphatic rings. The van der Waals surface area contributed by atoms with Gasteiger partial charge in [0, 0.05) is 6.07 Å². The Morgan fingerprint density at radius 2 is 1.59 bits per heavy atom. The molecule has 1 aromatic heterocycles. The minimum Gasteiger partial charge on any atom is -0.460 e. The molecular formula is C22H12Cl2O5. The molecule has 0 aliphatic heterocycles. The van der Waals surface area contributed by atoms with Crippen LogP contribution in [0.4, 0.5) is 0 Å². The topological polar surface area (TPSA) is 65.7 Å². The molecule has 0 fully saturated rings. The smallest absolute Gasteiger partial charge is 0.345 e. The minimum atomic E-state index is -0.615. The van der Waals surface area contributed by atoms with Gasteiger partial charge in [-0.15, -0.1) is 0 Å². The van der Waals surface area contributed by atoms with Crippen LogP contribution in [-0.2, 0) is 0 Å². The number of benzene rings is 3. The first-order valence-electron chi connectivity index (χ1n) is 8.47. The van der Waals surface area contributed by atoms with Gasteiger partial charge in [0.1, 0.15) is 23.3 Å². The molecule has 29 heavy (non-hydrogen) atoms. The van der Waals surface area contributed by atoms with Gasteiger partial charge in [-0.3, -0.25) is 4.79 Å². The summed E-state index contributed by atoms with van der Waals surface area (Å²) < 4.78 is 16.4. The first-order valence-corrected chi connectivity index (χ1v) is 9.23. The van der Waals surface area contributed by atoms with E-state index in [0.29, 0.717) is 10.8 Å². The summed E-state index contributed by atoms with van der Waals surface area (Å²) in [7, 11) is 0. The van der Waals surface area contributed by atoms with Crippen molar-refractivity contribution >= 4 is 40.1 Å². The monoisotopic (exact) mass is 426 g/mol. The Labute approximate surface area is 175 Å². The molecule has 0 spiro atoms.